The first-order chi connectivity index (χ1) is 16.4. The van der Waals surface area contributed by atoms with Crippen molar-refractivity contribution in [1.82, 2.24) is 4.57 Å². The summed E-state index contributed by atoms with van der Waals surface area (Å²) in [5, 5.41) is 0. The zero-order chi connectivity index (χ0) is 23.7. The van der Waals surface area contributed by atoms with Crippen LogP contribution in [0.4, 0.5) is 5.69 Å². The van der Waals surface area contributed by atoms with Crippen LogP contribution in [0.5, 0.6) is 11.5 Å². The summed E-state index contributed by atoms with van der Waals surface area (Å²) in [6.07, 6.45) is 1.72. The quantitative estimate of drug-likeness (QED) is 0.407. The third-order valence-corrected chi connectivity index (χ3v) is 7.54. The minimum Gasteiger partial charge on any atom is -0.454 e. The van der Waals surface area contributed by atoms with Gasteiger partial charge in [0.2, 0.25) is 6.79 Å². The van der Waals surface area contributed by atoms with Crippen molar-refractivity contribution in [3.05, 3.63) is 89.7 Å². The summed E-state index contributed by atoms with van der Waals surface area (Å²) in [5.41, 5.74) is 1.38. The third kappa shape index (κ3) is 4.20. The third-order valence-electron chi connectivity index (χ3n) is 5.10. The number of ether oxygens (including phenoxy) is 2. The van der Waals surface area contributed by atoms with E-state index in [1.54, 1.807) is 42.5 Å². The van der Waals surface area contributed by atoms with E-state index in [0.29, 0.717) is 22.8 Å². The molecule has 3 aromatic carbocycles. The molecule has 0 spiro atoms. The van der Waals surface area contributed by atoms with Gasteiger partial charge in [0, 0.05) is 29.9 Å². The molecule has 0 radical (unpaired) electrons. The molecule has 0 bridgehead atoms. The average molecular weight is 494 g/mol. The van der Waals surface area contributed by atoms with Crippen molar-refractivity contribution < 1.29 is 22.7 Å². The maximum Gasteiger partial charge on any atom is 0.279 e. The number of nitrogens with zero attached hydrogens (tertiary/aromatic N) is 2. The maximum atomic E-state index is 13.0. The van der Waals surface area contributed by atoms with Gasteiger partial charge in [0.25, 0.3) is 15.9 Å². The summed E-state index contributed by atoms with van der Waals surface area (Å²) in [7, 11) is -3.78. The summed E-state index contributed by atoms with van der Waals surface area (Å²) in [6.45, 7) is 4.42. The average Bonchev–Trinajstić information content (AvgIpc) is 3.42. The van der Waals surface area contributed by atoms with Crippen LogP contribution >= 0.6 is 11.3 Å². The molecule has 5 rings (SSSR count). The van der Waals surface area contributed by atoms with Crippen molar-refractivity contribution in [2.45, 2.75) is 11.4 Å². The second-order valence-corrected chi connectivity index (χ2v) is 10.1. The molecule has 1 amide bonds. The number of hydrogen-bond acceptors (Lipinski definition) is 6. The Hall–Kier alpha value is -3.89. The van der Waals surface area contributed by atoms with E-state index in [2.05, 4.69) is 16.3 Å². The van der Waals surface area contributed by atoms with Crippen LogP contribution in [-0.4, -0.2) is 25.7 Å². The molecule has 0 unspecified atom stereocenters. The lowest BCUT2D eigenvalue weighted by Crippen LogP contribution is -2.16. The number of sulfonamides is 1. The molecule has 0 fully saturated rings. The SMILES string of the molecule is C=CCn1c(=NC(=O)c2cccc(NS(=O)(=O)c3ccccc3)c2)sc2cc3c(cc21)OCO3. The molecule has 0 aliphatic carbocycles. The molecule has 34 heavy (non-hydrogen) atoms. The number of amides is 1. The Morgan fingerprint density at radius 3 is 2.62 bits per heavy atom. The lowest BCUT2D eigenvalue weighted by molar-refractivity contribution is 0.0998. The Morgan fingerprint density at radius 1 is 1.09 bits per heavy atom. The second-order valence-electron chi connectivity index (χ2n) is 7.37. The highest BCUT2D eigenvalue weighted by Gasteiger charge is 2.18. The van der Waals surface area contributed by atoms with E-state index in [4.69, 9.17) is 9.47 Å². The summed E-state index contributed by atoms with van der Waals surface area (Å²) < 4.78 is 41.4. The number of rotatable bonds is 6. The highest BCUT2D eigenvalue weighted by molar-refractivity contribution is 7.92. The Balaban J connectivity index is 1.49. The van der Waals surface area contributed by atoms with Gasteiger partial charge in [-0.2, -0.15) is 4.99 Å². The first-order valence-electron chi connectivity index (χ1n) is 10.3. The van der Waals surface area contributed by atoms with E-state index in [-0.39, 0.29) is 22.9 Å². The summed E-state index contributed by atoms with van der Waals surface area (Å²) in [5.74, 6) is 0.792. The first-order valence-corrected chi connectivity index (χ1v) is 12.6. The van der Waals surface area contributed by atoms with E-state index in [1.165, 1.54) is 29.5 Å². The van der Waals surface area contributed by atoms with Crippen molar-refractivity contribution in [3.63, 3.8) is 0 Å². The number of carbonyl (C=O) groups excluding carboxylic acids is 1. The van der Waals surface area contributed by atoms with E-state index >= 15 is 0 Å². The summed E-state index contributed by atoms with van der Waals surface area (Å²) in [6, 6.07) is 18.0. The molecule has 8 nitrogen and oxygen atoms in total. The van der Waals surface area contributed by atoms with Crippen LogP contribution in [0, 0.1) is 0 Å². The Kier molecular flexibility index (Phi) is 5.68. The fourth-order valence-corrected chi connectivity index (χ4v) is 5.65. The monoisotopic (exact) mass is 493 g/mol. The number of nitrogens with one attached hydrogen (secondary N) is 1. The summed E-state index contributed by atoms with van der Waals surface area (Å²) >= 11 is 1.34. The number of anilines is 1. The zero-order valence-corrected chi connectivity index (χ0v) is 19.4. The Labute approximate surface area is 199 Å². The number of aromatic nitrogens is 1. The van der Waals surface area contributed by atoms with Gasteiger partial charge >= 0.3 is 0 Å². The Bertz CT molecular complexity index is 1590. The molecule has 172 valence electrons. The lowest BCUT2D eigenvalue weighted by atomic mass is 10.2. The van der Waals surface area contributed by atoms with Crippen molar-refractivity contribution >= 4 is 43.2 Å². The number of thiazole rings is 1. The normalized spacial score (nSPS) is 13.2. The molecule has 0 saturated heterocycles. The van der Waals surface area contributed by atoms with E-state index < -0.39 is 15.9 Å². The van der Waals surface area contributed by atoms with Gasteiger partial charge in [-0.1, -0.05) is 41.7 Å². The molecule has 1 aliphatic heterocycles. The van der Waals surface area contributed by atoms with Crippen LogP contribution in [0.25, 0.3) is 10.2 Å². The van der Waals surface area contributed by atoms with Crippen LogP contribution in [0.3, 0.4) is 0 Å². The van der Waals surface area contributed by atoms with Gasteiger partial charge in [-0.15, -0.1) is 6.58 Å². The van der Waals surface area contributed by atoms with Crippen LogP contribution < -0.4 is 19.0 Å². The molecular formula is C24H19N3O5S2. The van der Waals surface area contributed by atoms with Crippen molar-refractivity contribution in [1.29, 1.82) is 0 Å². The molecule has 0 saturated carbocycles. The van der Waals surface area contributed by atoms with E-state index in [0.717, 1.165) is 10.2 Å². The molecular weight excluding hydrogens is 474 g/mol. The van der Waals surface area contributed by atoms with Crippen LogP contribution in [0.1, 0.15) is 10.4 Å². The van der Waals surface area contributed by atoms with Crippen LogP contribution in [0.15, 0.2) is 89.3 Å². The van der Waals surface area contributed by atoms with Gasteiger partial charge in [-0.25, -0.2) is 8.42 Å². The predicted octanol–water partition coefficient (Wildman–Crippen LogP) is 4.16. The topological polar surface area (TPSA) is 99.0 Å². The minimum atomic E-state index is -3.78. The molecule has 10 heteroatoms. The summed E-state index contributed by atoms with van der Waals surface area (Å²) in [4.78, 5) is 17.9. The maximum absolute atomic E-state index is 13.0. The highest BCUT2D eigenvalue weighted by atomic mass is 32.2. The van der Waals surface area contributed by atoms with E-state index in [1.807, 2.05) is 16.7 Å². The zero-order valence-electron chi connectivity index (χ0n) is 17.8. The first kappa shape index (κ1) is 21.9. The lowest BCUT2D eigenvalue weighted by Gasteiger charge is -2.08. The number of carbonyl (C=O) groups is 1. The largest absolute Gasteiger partial charge is 0.454 e. The smallest absolute Gasteiger partial charge is 0.279 e. The molecule has 1 N–H and O–H groups in total. The fraction of sp³-hybridized carbons (Fsp3) is 0.0833. The highest BCUT2D eigenvalue weighted by Crippen LogP contribution is 2.37. The van der Waals surface area contributed by atoms with Gasteiger partial charge in [-0.05, 0) is 30.3 Å². The number of fused-ring (bicyclic) bond motifs is 2. The van der Waals surface area contributed by atoms with Crippen LogP contribution in [0.2, 0.25) is 0 Å². The van der Waals surface area contributed by atoms with Crippen molar-refractivity contribution in [2.75, 3.05) is 11.5 Å². The number of hydrogen-bond donors (Lipinski definition) is 1. The number of allylic oxidation sites excluding steroid dienone is 1. The minimum absolute atomic E-state index is 0.131. The number of benzene rings is 3. The van der Waals surface area contributed by atoms with Gasteiger partial charge < -0.3 is 14.0 Å². The predicted molar refractivity (Wildman–Crippen MR) is 130 cm³/mol. The molecule has 2 heterocycles. The van der Waals surface area contributed by atoms with Gasteiger partial charge in [0.05, 0.1) is 15.1 Å². The molecule has 0 atom stereocenters. The van der Waals surface area contributed by atoms with Gasteiger partial charge in [0.1, 0.15) is 0 Å². The Morgan fingerprint density at radius 2 is 1.85 bits per heavy atom. The van der Waals surface area contributed by atoms with Crippen molar-refractivity contribution in [3.8, 4) is 11.5 Å². The molecule has 1 aliphatic rings. The van der Waals surface area contributed by atoms with Crippen LogP contribution in [-0.2, 0) is 16.6 Å². The second kappa shape index (κ2) is 8.81. The van der Waals surface area contributed by atoms with E-state index in [9.17, 15) is 13.2 Å². The molecule has 1 aromatic heterocycles. The molecule has 4 aromatic rings. The standard InChI is InChI=1S/C24H19N3O5S2/c1-2-11-27-19-13-20-21(32-15-31-20)14-22(19)33-24(27)25-23(28)16-7-6-8-17(12-16)26-34(29,30)18-9-4-3-5-10-18/h2-10,12-14,26H,1,11,15H2. The van der Waals surface area contributed by atoms with Crippen molar-refractivity contribution in [2.24, 2.45) is 4.99 Å². The van der Waals surface area contributed by atoms with Gasteiger partial charge in [-0.3, -0.25) is 9.52 Å². The fourth-order valence-electron chi connectivity index (χ4n) is 3.53. The van der Waals surface area contributed by atoms with Gasteiger partial charge in [0.15, 0.2) is 16.3 Å².